The van der Waals surface area contributed by atoms with Crippen molar-refractivity contribution in [2.45, 2.75) is 33.1 Å². The van der Waals surface area contributed by atoms with E-state index in [4.69, 9.17) is 4.18 Å². The molecule has 4 heteroatoms. The number of carbonyl (C=O) groups excluding carboxylic acids is 1. The Labute approximate surface area is 114 Å². The number of thiol groups is 1. The minimum atomic E-state index is -0.0555. The second-order valence-corrected chi connectivity index (χ2v) is 5.95. The van der Waals surface area contributed by atoms with Gasteiger partial charge in [-0.05, 0) is 18.5 Å². The summed E-state index contributed by atoms with van der Waals surface area (Å²) >= 11 is 3.93. The predicted molar refractivity (Wildman–Crippen MR) is 75.0 cm³/mol. The molecule has 100 valence electrons. The SMILES string of the molecule is CC(C)C1=C(OS)CC2(C=CN(C)CC2)CC1=O. The quantitative estimate of drug-likeness (QED) is 0.616. The lowest BCUT2D eigenvalue weighted by molar-refractivity contribution is -0.119. The van der Waals surface area contributed by atoms with Crippen molar-refractivity contribution in [3.05, 3.63) is 23.6 Å². The molecule has 0 saturated heterocycles. The van der Waals surface area contributed by atoms with Gasteiger partial charge in [0.1, 0.15) is 5.76 Å². The zero-order valence-corrected chi connectivity index (χ0v) is 12.2. The second-order valence-electron chi connectivity index (χ2n) is 5.77. The predicted octanol–water partition coefficient (Wildman–Crippen LogP) is 2.96. The maximum Gasteiger partial charge on any atom is 0.163 e. The number of allylic oxidation sites excluding steroid dienone is 3. The van der Waals surface area contributed by atoms with E-state index in [0.717, 1.165) is 30.7 Å². The van der Waals surface area contributed by atoms with Gasteiger partial charge in [-0.3, -0.25) is 4.79 Å². The summed E-state index contributed by atoms with van der Waals surface area (Å²) in [6, 6.07) is 0. The summed E-state index contributed by atoms with van der Waals surface area (Å²) in [5, 5.41) is 0. The molecule has 0 aromatic heterocycles. The van der Waals surface area contributed by atoms with Crippen LogP contribution in [0.5, 0.6) is 0 Å². The summed E-state index contributed by atoms with van der Waals surface area (Å²) in [7, 11) is 2.05. The number of rotatable bonds is 2. The Morgan fingerprint density at radius 3 is 2.67 bits per heavy atom. The molecule has 1 spiro atoms. The minimum absolute atomic E-state index is 0.0555. The van der Waals surface area contributed by atoms with Gasteiger partial charge in [-0.25, -0.2) is 0 Å². The highest BCUT2D eigenvalue weighted by atomic mass is 32.1. The van der Waals surface area contributed by atoms with Crippen LogP contribution in [0.4, 0.5) is 0 Å². The normalized spacial score (nSPS) is 28.5. The molecule has 0 aromatic carbocycles. The molecule has 0 bridgehead atoms. The first-order valence-corrected chi connectivity index (χ1v) is 6.81. The Kier molecular flexibility index (Phi) is 3.76. The van der Waals surface area contributed by atoms with Gasteiger partial charge in [-0.15, -0.1) is 0 Å². The lowest BCUT2D eigenvalue weighted by Gasteiger charge is -2.39. The fourth-order valence-electron chi connectivity index (χ4n) is 2.91. The summed E-state index contributed by atoms with van der Waals surface area (Å²) < 4.78 is 5.20. The lowest BCUT2D eigenvalue weighted by Crippen LogP contribution is -2.36. The Hall–Kier alpha value is -0.900. The van der Waals surface area contributed by atoms with Crippen LogP contribution < -0.4 is 0 Å². The van der Waals surface area contributed by atoms with Gasteiger partial charge in [0.2, 0.25) is 0 Å². The first-order valence-electron chi connectivity index (χ1n) is 6.45. The van der Waals surface area contributed by atoms with Crippen molar-refractivity contribution in [3.8, 4) is 0 Å². The van der Waals surface area contributed by atoms with Gasteiger partial charge in [-0.1, -0.05) is 19.9 Å². The fourth-order valence-corrected chi connectivity index (χ4v) is 3.07. The van der Waals surface area contributed by atoms with Gasteiger partial charge in [0.15, 0.2) is 5.78 Å². The van der Waals surface area contributed by atoms with Crippen LogP contribution in [0.15, 0.2) is 23.6 Å². The molecule has 0 N–H and O–H groups in total. The van der Waals surface area contributed by atoms with Gasteiger partial charge in [0.25, 0.3) is 0 Å². The number of hydrogen-bond acceptors (Lipinski definition) is 4. The molecular weight excluding hydrogens is 246 g/mol. The molecular formula is C14H21NO2S. The molecule has 2 aliphatic rings. The van der Waals surface area contributed by atoms with Gasteiger partial charge in [0, 0.05) is 50.3 Å². The van der Waals surface area contributed by atoms with E-state index in [1.807, 2.05) is 13.8 Å². The van der Waals surface area contributed by atoms with Gasteiger partial charge < -0.3 is 9.08 Å². The minimum Gasteiger partial charge on any atom is -0.433 e. The fraction of sp³-hybridized carbons (Fsp3) is 0.643. The summed E-state index contributed by atoms with van der Waals surface area (Å²) in [5.74, 6) is 1.18. The molecule has 18 heavy (non-hydrogen) atoms. The third kappa shape index (κ3) is 2.44. The zero-order chi connectivity index (χ0) is 13.3. The van der Waals surface area contributed by atoms with E-state index in [9.17, 15) is 4.79 Å². The van der Waals surface area contributed by atoms with Crippen LogP contribution in [-0.4, -0.2) is 24.3 Å². The number of carbonyl (C=O) groups is 1. The van der Waals surface area contributed by atoms with Crippen molar-refractivity contribution < 1.29 is 8.98 Å². The van der Waals surface area contributed by atoms with Crippen molar-refractivity contribution in [1.29, 1.82) is 0 Å². The average Bonchev–Trinajstić information content (AvgIpc) is 2.32. The molecule has 0 radical (unpaired) electrons. The van der Waals surface area contributed by atoms with Crippen LogP contribution in [0.3, 0.4) is 0 Å². The Bertz CT molecular complexity index is 414. The van der Waals surface area contributed by atoms with E-state index >= 15 is 0 Å². The second kappa shape index (κ2) is 5.00. The highest BCUT2D eigenvalue weighted by Crippen LogP contribution is 2.45. The number of hydrogen-bond donors (Lipinski definition) is 1. The topological polar surface area (TPSA) is 29.5 Å². The molecule has 0 fully saturated rings. The Balaban J connectivity index is 2.33. The van der Waals surface area contributed by atoms with E-state index in [2.05, 4.69) is 37.1 Å². The average molecular weight is 267 g/mol. The van der Waals surface area contributed by atoms with Crippen LogP contribution in [0.25, 0.3) is 0 Å². The number of Topliss-reactive ketones (excluding diaryl/α,β-unsaturated/α-hetero) is 1. The third-order valence-corrected chi connectivity index (χ3v) is 4.18. The molecule has 0 saturated carbocycles. The van der Waals surface area contributed by atoms with Crippen molar-refractivity contribution in [1.82, 2.24) is 4.90 Å². The summed E-state index contributed by atoms with van der Waals surface area (Å²) in [4.78, 5) is 14.5. The molecule has 1 aliphatic carbocycles. The van der Waals surface area contributed by atoms with E-state index in [1.54, 1.807) is 0 Å². The van der Waals surface area contributed by atoms with Crippen LogP contribution in [0.1, 0.15) is 33.1 Å². The van der Waals surface area contributed by atoms with Gasteiger partial charge in [0.05, 0.1) is 0 Å². The van der Waals surface area contributed by atoms with E-state index < -0.39 is 0 Å². The Morgan fingerprint density at radius 1 is 1.44 bits per heavy atom. The molecule has 1 atom stereocenters. The first-order chi connectivity index (χ1) is 8.47. The monoisotopic (exact) mass is 267 g/mol. The van der Waals surface area contributed by atoms with Crippen LogP contribution in [0, 0.1) is 11.3 Å². The molecule has 0 aromatic rings. The van der Waals surface area contributed by atoms with E-state index in [0.29, 0.717) is 6.42 Å². The van der Waals surface area contributed by atoms with E-state index in [1.165, 1.54) is 0 Å². The summed E-state index contributed by atoms with van der Waals surface area (Å²) in [6.45, 7) is 5.05. The van der Waals surface area contributed by atoms with Crippen molar-refractivity contribution in [2.75, 3.05) is 13.6 Å². The highest BCUT2D eigenvalue weighted by molar-refractivity contribution is 7.75. The zero-order valence-electron chi connectivity index (χ0n) is 11.3. The summed E-state index contributed by atoms with van der Waals surface area (Å²) in [6.07, 6.45) is 6.63. The third-order valence-electron chi connectivity index (χ3n) is 3.96. The lowest BCUT2D eigenvalue weighted by atomic mass is 9.69. The smallest absolute Gasteiger partial charge is 0.163 e. The highest BCUT2D eigenvalue weighted by Gasteiger charge is 2.40. The van der Waals surface area contributed by atoms with Crippen LogP contribution >= 0.6 is 12.9 Å². The molecule has 3 nitrogen and oxygen atoms in total. The molecule has 1 heterocycles. The maximum absolute atomic E-state index is 12.3. The summed E-state index contributed by atoms with van der Waals surface area (Å²) in [5.41, 5.74) is 0.767. The molecule has 2 rings (SSSR count). The largest absolute Gasteiger partial charge is 0.433 e. The van der Waals surface area contributed by atoms with Gasteiger partial charge in [-0.2, -0.15) is 0 Å². The molecule has 0 amide bonds. The molecule has 1 unspecified atom stereocenters. The maximum atomic E-state index is 12.3. The van der Waals surface area contributed by atoms with Crippen molar-refractivity contribution in [3.63, 3.8) is 0 Å². The Morgan fingerprint density at radius 2 is 2.17 bits per heavy atom. The number of nitrogens with zero attached hydrogens (tertiary/aromatic N) is 1. The molecule has 1 aliphatic heterocycles. The standard InChI is InChI=1S/C14H21NO2S/c1-10(2)13-11(16)8-14(9-12(13)17-18)4-6-15(3)7-5-14/h4,6,10,18H,5,7-9H2,1-3H3. The van der Waals surface area contributed by atoms with Crippen molar-refractivity contribution in [2.24, 2.45) is 11.3 Å². The van der Waals surface area contributed by atoms with E-state index in [-0.39, 0.29) is 17.1 Å². The van der Waals surface area contributed by atoms with Crippen LogP contribution in [-0.2, 0) is 8.98 Å². The first kappa shape index (κ1) is 13.5. The van der Waals surface area contributed by atoms with Crippen LogP contribution in [0.2, 0.25) is 0 Å². The van der Waals surface area contributed by atoms with Gasteiger partial charge >= 0.3 is 0 Å². The van der Waals surface area contributed by atoms with Crippen molar-refractivity contribution >= 4 is 18.7 Å². The number of ketones is 1.